The second-order valence-corrected chi connectivity index (χ2v) is 6.44. The quantitative estimate of drug-likeness (QED) is 0.893. The summed E-state index contributed by atoms with van der Waals surface area (Å²) in [6.45, 7) is 5.94. The number of piperazine rings is 1. The van der Waals surface area contributed by atoms with Crippen molar-refractivity contribution in [3.8, 4) is 11.5 Å². The number of rotatable bonds is 2. The molecule has 1 aromatic rings. The summed E-state index contributed by atoms with van der Waals surface area (Å²) >= 11 is 0. The molecule has 1 saturated carbocycles. The first-order valence-corrected chi connectivity index (χ1v) is 8.15. The smallest absolute Gasteiger partial charge is 0.226 e. The van der Waals surface area contributed by atoms with E-state index in [1.54, 1.807) is 0 Å². The van der Waals surface area contributed by atoms with Crippen molar-refractivity contribution in [2.24, 2.45) is 5.92 Å². The summed E-state index contributed by atoms with van der Waals surface area (Å²) in [7, 11) is 0. The van der Waals surface area contributed by atoms with Gasteiger partial charge >= 0.3 is 0 Å². The Balaban J connectivity index is 0.00000156. The number of carbonyl (C=O) groups excluding carboxylic acids is 1. The van der Waals surface area contributed by atoms with Crippen LogP contribution < -0.4 is 14.8 Å². The standard InChI is InChI=1S/C17H22N2O3.ClH/c1-11-10-18-4-5-19(11)17(20)14-9-13(14)12-2-3-15-16(8-12)22-7-6-21-15;/h2-3,8,11,13-14,18H,4-7,9-10H2,1H3;1H/t11-,13?,14?;/m1./s1. The van der Waals surface area contributed by atoms with Crippen molar-refractivity contribution in [3.05, 3.63) is 23.8 Å². The first kappa shape index (κ1) is 16.4. The molecule has 3 atom stereocenters. The van der Waals surface area contributed by atoms with Gasteiger partial charge in [0.15, 0.2) is 11.5 Å². The largest absolute Gasteiger partial charge is 0.486 e. The first-order valence-electron chi connectivity index (χ1n) is 8.15. The minimum absolute atomic E-state index is 0. The maximum atomic E-state index is 12.7. The van der Waals surface area contributed by atoms with Gasteiger partial charge < -0.3 is 19.7 Å². The van der Waals surface area contributed by atoms with Gasteiger partial charge in [0.2, 0.25) is 5.91 Å². The van der Waals surface area contributed by atoms with Gasteiger partial charge in [0, 0.05) is 31.6 Å². The molecule has 1 N–H and O–H groups in total. The number of nitrogens with one attached hydrogen (secondary N) is 1. The van der Waals surface area contributed by atoms with Crippen LogP contribution in [-0.4, -0.2) is 49.7 Å². The number of carbonyl (C=O) groups is 1. The Morgan fingerprint density at radius 1 is 1.26 bits per heavy atom. The van der Waals surface area contributed by atoms with Crippen LogP contribution in [0.4, 0.5) is 0 Å². The maximum Gasteiger partial charge on any atom is 0.226 e. The Hall–Kier alpha value is -1.46. The zero-order valence-electron chi connectivity index (χ0n) is 13.3. The van der Waals surface area contributed by atoms with Crippen LogP contribution in [0.1, 0.15) is 24.8 Å². The van der Waals surface area contributed by atoms with Crippen LogP contribution in [0.15, 0.2) is 18.2 Å². The molecule has 23 heavy (non-hydrogen) atoms. The number of fused-ring (bicyclic) bond motifs is 1. The predicted molar refractivity (Wildman–Crippen MR) is 89.6 cm³/mol. The number of nitrogens with zero attached hydrogens (tertiary/aromatic N) is 1. The summed E-state index contributed by atoms with van der Waals surface area (Å²) in [5.74, 6) is 2.43. The predicted octanol–water partition coefficient (Wildman–Crippen LogP) is 1.80. The Kier molecular flexibility index (Phi) is 4.69. The van der Waals surface area contributed by atoms with Gasteiger partial charge in [-0.15, -0.1) is 12.4 Å². The molecular weight excluding hydrogens is 316 g/mol. The van der Waals surface area contributed by atoms with E-state index in [1.807, 2.05) is 17.0 Å². The molecule has 2 heterocycles. The number of hydrogen-bond acceptors (Lipinski definition) is 4. The number of benzene rings is 1. The van der Waals surface area contributed by atoms with Crippen molar-refractivity contribution < 1.29 is 14.3 Å². The third kappa shape index (κ3) is 3.12. The Labute approximate surface area is 142 Å². The van der Waals surface area contributed by atoms with Gasteiger partial charge in [-0.1, -0.05) is 6.07 Å². The van der Waals surface area contributed by atoms with Gasteiger partial charge in [-0.2, -0.15) is 0 Å². The topological polar surface area (TPSA) is 50.8 Å². The second kappa shape index (κ2) is 6.57. The zero-order chi connectivity index (χ0) is 15.1. The minimum atomic E-state index is 0. The van der Waals surface area contributed by atoms with Gasteiger partial charge in [-0.3, -0.25) is 4.79 Å². The van der Waals surface area contributed by atoms with Gasteiger partial charge in [0.05, 0.1) is 0 Å². The van der Waals surface area contributed by atoms with E-state index in [2.05, 4.69) is 18.3 Å². The number of hydrogen-bond donors (Lipinski definition) is 1. The molecule has 0 bridgehead atoms. The molecule has 0 radical (unpaired) electrons. The van der Waals surface area contributed by atoms with E-state index >= 15 is 0 Å². The highest BCUT2D eigenvalue weighted by Gasteiger charge is 2.47. The molecule has 5 nitrogen and oxygen atoms in total. The van der Waals surface area contributed by atoms with Crippen LogP contribution >= 0.6 is 12.4 Å². The molecule has 126 valence electrons. The molecule has 0 aromatic heterocycles. The summed E-state index contributed by atoms with van der Waals surface area (Å²) in [6, 6.07) is 6.39. The lowest BCUT2D eigenvalue weighted by Crippen LogP contribution is -2.52. The minimum Gasteiger partial charge on any atom is -0.486 e. The van der Waals surface area contributed by atoms with Crippen molar-refractivity contribution in [2.75, 3.05) is 32.8 Å². The highest BCUT2D eigenvalue weighted by molar-refractivity contribution is 5.85. The summed E-state index contributed by atoms with van der Waals surface area (Å²) in [6.07, 6.45) is 0.953. The fourth-order valence-corrected chi connectivity index (χ4v) is 3.51. The number of ether oxygens (including phenoxy) is 2. The van der Waals surface area contributed by atoms with Crippen molar-refractivity contribution in [3.63, 3.8) is 0 Å². The molecule has 3 aliphatic rings. The lowest BCUT2D eigenvalue weighted by molar-refractivity contribution is -0.135. The summed E-state index contributed by atoms with van der Waals surface area (Å²) < 4.78 is 11.2. The van der Waals surface area contributed by atoms with Gasteiger partial charge in [0.1, 0.15) is 13.2 Å². The average Bonchev–Trinajstić information content (AvgIpc) is 3.35. The second-order valence-electron chi connectivity index (χ2n) is 6.44. The van der Waals surface area contributed by atoms with Gasteiger partial charge in [0.25, 0.3) is 0 Å². The van der Waals surface area contributed by atoms with Crippen molar-refractivity contribution >= 4 is 18.3 Å². The van der Waals surface area contributed by atoms with Gasteiger partial charge in [-0.25, -0.2) is 0 Å². The van der Waals surface area contributed by atoms with Crippen molar-refractivity contribution in [2.45, 2.75) is 25.3 Å². The van der Waals surface area contributed by atoms with E-state index in [1.165, 1.54) is 5.56 Å². The summed E-state index contributed by atoms with van der Waals surface area (Å²) in [5.41, 5.74) is 1.20. The van der Waals surface area contributed by atoms with E-state index in [9.17, 15) is 4.79 Å². The third-order valence-electron chi connectivity index (χ3n) is 4.89. The van der Waals surface area contributed by atoms with Crippen LogP contribution in [-0.2, 0) is 4.79 Å². The van der Waals surface area contributed by atoms with E-state index < -0.39 is 0 Å². The van der Waals surface area contributed by atoms with E-state index in [-0.39, 0.29) is 18.3 Å². The monoisotopic (exact) mass is 338 g/mol. The van der Waals surface area contributed by atoms with Crippen LogP contribution in [0, 0.1) is 5.92 Å². The fraction of sp³-hybridized carbons (Fsp3) is 0.588. The normalized spacial score (nSPS) is 28.7. The zero-order valence-corrected chi connectivity index (χ0v) is 14.1. The highest BCUT2D eigenvalue weighted by Crippen LogP contribution is 2.50. The molecule has 4 rings (SSSR count). The Morgan fingerprint density at radius 2 is 2.04 bits per heavy atom. The summed E-state index contributed by atoms with van der Waals surface area (Å²) in [5, 5.41) is 3.33. The lowest BCUT2D eigenvalue weighted by atomic mass is 10.1. The molecule has 1 saturated heterocycles. The van der Waals surface area contributed by atoms with Crippen LogP contribution in [0.3, 0.4) is 0 Å². The molecule has 1 aromatic carbocycles. The van der Waals surface area contributed by atoms with Crippen LogP contribution in [0.2, 0.25) is 0 Å². The lowest BCUT2D eigenvalue weighted by Gasteiger charge is -2.34. The molecule has 1 amide bonds. The molecular formula is C17H23ClN2O3. The average molecular weight is 339 g/mol. The Bertz CT molecular complexity index is 595. The number of halogens is 1. The third-order valence-corrected chi connectivity index (χ3v) is 4.89. The molecule has 6 heteroatoms. The summed E-state index contributed by atoms with van der Waals surface area (Å²) in [4.78, 5) is 14.7. The molecule has 0 spiro atoms. The van der Waals surface area contributed by atoms with E-state index in [0.717, 1.165) is 37.6 Å². The van der Waals surface area contributed by atoms with Crippen molar-refractivity contribution in [1.82, 2.24) is 10.2 Å². The van der Waals surface area contributed by atoms with Crippen LogP contribution in [0.25, 0.3) is 0 Å². The highest BCUT2D eigenvalue weighted by atomic mass is 35.5. The molecule has 2 fully saturated rings. The molecule has 2 unspecified atom stereocenters. The Morgan fingerprint density at radius 3 is 2.83 bits per heavy atom. The fourth-order valence-electron chi connectivity index (χ4n) is 3.51. The molecule has 1 aliphatic carbocycles. The molecule has 2 aliphatic heterocycles. The van der Waals surface area contributed by atoms with E-state index in [4.69, 9.17) is 9.47 Å². The maximum absolute atomic E-state index is 12.7. The first-order chi connectivity index (χ1) is 10.7. The van der Waals surface area contributed by atoms with Crippen molar-refractivity contribution in [1.29, 1.82) is 0 Å². The van der Waals surface area contributed by atoms with E-state index in [0.29, 0.717) is 31.1 Å². The SMILES string of the molecule is C[C@@H]1CNCCN1C(=O)C1CC1c1ccc2c(c1)OCCO2.Cl. The van der Waals surface area contributed by atoms with Gasteiger partial charge in [-0.05, 0) is 37.0 Å². The number of amides is 1. The van der Waals surface area contributed by atoms with Crippen LogP contribution in [0.5, 0.6) is 11.5 Å².